The van der Waals surface area contributed by atoms with E-state index in [0.717, 1.165) is 12.2 Å². The van der Waals surface area contributed by atoms with Crippen LogP contribution >= 0.6 is 23.4 Å². The van der Waals surface area contributed by atoms with E-state index in [0.29, 0.717) is 16.3 Å². The van der Waals surface area contributed by atoms with Crippen LogP contribution in [0, 0.1) is 5.82 Å². The number of aliphatic hydroxyl groups excluding tert-OH is 1. The third kappa shape index (κ3) is 4.01. The molecule has 4 heteroatoms. The quantitative estimate of drug-likeness (QED) is 0.803. The SMILES string of the molecule is CCCSCC(O)c1ccc(Cl)cc1F. The van der Waals surface area contributed by atoms with Gasteiger partial charge in [0.1, 0.15) is 5.82 Å². The second-order valence-electron chi connectivity index (χ2n) is 3.26. The topological polar surface area (TPSA) is 20.2 Å². The summed E-state index contributed by atoms with van der Waals surface area (Å²) < 4.78 is 13.4. The first kappa shape index (κ1) is 12.8. The lowest BCUT2D eigenvalue weighted by Crippen LogP contribution is -2.03. The summed E-state index contributed by atoms with van der Waals surface area (Å²) in [5.41, 5.74) is 0.322. The van der Waals surface area contributed by atoms with Crippen LogP contribution in [-0.4, -0.2) is 16.6 Å². The third-order valence-corrected chi connectivity index (χ3v) is 3.43. The van der Waals surface area contributed by atoms with Crippen molar-refractivity contribution in [2.45, 2.75) is 19.4 Å². The molecule has 0 radical (unpaired) electrons. The summed E-state index contributed by atoms with van der Waals surface area (Å²) in [5, 5.41) is 10.1. The Morgan fingerprint density at radius 1 is 1.53 bits per heavy atom. The minimum absolute atomic E-state index is 0.322. The predicted octanol–water partition coefficient (Wildman–Crippen LogP) is 3.66. The van der Waals surface area contributed by atoms with Gasteiger partial charge in [-0.1, -0.05) is 24.6 Å². The van der Waals surface area contributed by atoms with Crippen molar-refractivity contribution in [1.82, 2.24) is 0 Å². The summed E-state index contributed by atoms with van der Waals surface area (Å²) in [6.45, 7) is 2.07. The standard InChI is InChI=1S/C11H14ClFOS/c1-2-5-15-7-11(14)9-4-3-8(12)6-10(9)13/h3-4,6,11,14H,2,5,7H2,1H3. The van der Waals surface area contributed by atoms with E-state index in [1.165, 1.54) is 12.1 Å². The van der Waals surface area contributed by atoms with Crippen molar-refractivity contribution >= 4 is 23.4 Å². The fraction of sp³-hybridized carbons (Fsp3) is 0.455. The molecule has 0 spiro atoms. The molecule has 1 aromatic rings. The summed E-state index contributed by atoms with van der Waals surface area (Å²) in [6, 6.07) is 4.35. The first-order chi connectivity index (χ1) is 7.15. The molecular weight excluding hydrogens is 235 g/mol. The van der Waals surface area contributed by atoms with E-state index < -0.39 is 11.9 Å². The average molecular weight is 249 g/mol. The molecule has 0 amide bonds. The largest absolute Gasteiger partial charge is 0.387 e. The summed E-state index contributed by atoms with van der Waals surface area (Å²) in [7, 11) is 0. The fourth-order valence-corrected chi connectivity index (χ4v) is 2.22. The van der Waals surface area contributed by atoms with Crippen LogP contribution in [0.5, 0.6) is 0 Å². The van der Waals surface area contributed by atoms with Crippen molar-refractivity contribution in [2.75, 3.05) is 11.5 Å². The number of thioether (sulfide) groups is 1. The predicted molar refractivity (Wildman–Crippen MR) is 64.0 cm³/mol. The molecular formula is C11H14ClFOS. The molecule has 0 heterocycles. The van der Waals surface area contributed by atoms with Gasteiger partial charge in [0.2, 0.25) is 0 Å². The third-order valence-electron chi connectivity index (χ3n) is 1.95. The zero-order valence-corrected chi connectivity index (χ0v) is 10.1. The van der Waals surface area contributed by atoms with Crippen molar-refractivity contribution in [3.63, 3.8) is 0 Å². The van der Waals surface area contributed by atoms with E-state index in [2.05, 4.69) is 6.92 Å². The van der Waals surface area contributed by atoms with Gasteiger partial charge in [-0.25, -0.2) is 4.39 Å². The molecule has 1 N–H and O–H groups in total. The number of aliphatic hydroxyl groups is 1. The second-order valence-corrected chi connectivity index (χ2v) is 4.84. The first-order valence-electron chi connectivity index (χ1n) is 4.86. The minimum atomic E-state index is -0.751. The maximum atomic E-state index is 13.4. The highest BCUT2D eigenvalue weighted by Gasteiger charge is 2.12. The molecule has 1 nitrogen and oxygen atoms in total. The Labute approximate surface area is 98.6 Å². The van der Waals surface area contributed by atoms with Crippen LogP contribution in [0.2, 0.25) is 5.02 Å². The zero-order valence-electron chi connectivity index (χ0n) is 8.54. The van der Waals surface area contributed by atoms with Crippen molar-refractivity contribution in [3.05, 3.63) is 34.6 Å². The van der Waals surface area contributed by atoms with E-state index >= 15 is 0 Å². The molecule has 1 rings (SSSR count). The van der Waals surface area contributed by atoms with Gasteiger partial charge in [-0.2, -0.15) is 11.8 Å². The Balaban J connectivity index is 2.61. The second kappa shape index (κ2) is 6.36. The van der Waals surface area contributed by atoms with E-state index in [-0.39, 0.29) is 0 Å². The number of benzene rings is 1. The van der Waals surface area contributed by atoms with E-state index in [9.17, 15) is 9.50 Å². The lowest BCUT2D eigenvalue weighted by Gasteiger charge is -2.11. The lowest BCUT2D eigenvalue weighted by molar-refractivity contribution is 0.199. The van der Waals surface area contributed by atoms with Crippen molar-refractivity contribution < 1.29 is 9.50 Å². The number of hydrogen-bond donors (Lipinski definition) is 1. The summed E-state index contributed by atoms with van der Waals surface area (Å²) in [5.74, 6) is 1.06. The van der Waals surface area contributed by atoms with Crippen LogP contribution in [0.25, 0.3) is 0 Å². The van der Waals surface area contributed by atoms with E-state index in [4.69, 9.17) is 11.6 Å². The first-order valence-corrected chi connectivity index (χ1v) is 6.39. The summed E-state index contributed by atoms with van der Waals surface area (Å²) >= 11 is 7.24. The van der Waals surface area contributed by atoms with Crippen LogP contribution < -0.4 is 0 Å². The zero-order chi connectivity index (χ0) is 11.3. The van der Waals surface area contributed by atoms with Gasteiger partial charge >= 0.3 is 0 Å². The highest BCUT2D eigenvalue weighted by molar-refractivity contribution is 7.99. The number of halogens is 2. The Bertz CT molecular complexity index is 319. The van der Waals surface area contributed by atoms with Gasteiger partial charge in [-0.05, 0) is 24.3 Å². The Morgan fingerprint density at radius 3 is 2.87 bits per heavy atom. The Kier molecular flexibility index (Phi) is 5.43. The molecule has 0 bridgehead atoms. The van der Waals surface area contributed by atoms with Crippen LogP contribution in [0.4, 0.5) is 4.39 Å². The number of hydrogen-bond acceptors (Lipinski definition) is 2. The Morgan fingerprint density at radius 2 is 2.27 bits per heavy atom. The molecule has 0 aliphatic carbocycles. The van der Waals surface area contributed by atoms with Crippen LogP contribution in [0.15, 0.2) is 18.2 Å². The Hall–Kier alpha value is -0.250. The average Bonchev–Trinajstić information content (AvgIpc) is 2.17. The highest BCUT2D eigenvalue weighted by Crippen LogP contribution is 2.23. The fourth-order valence-electron chi connectivity index (χ4n) is 1.20. The number of rotatable bonds is 5. The van der Waals surface area contributed by atoms with Crippen LogP contribution in [0.1, 0.15) is 25.0 Å². The molecule has 1 unspecified atom stereocenters. The van der Waals surface area contributed by atoms with Gasteiger partial charge in [0, 0.05) is 16.3 Å². The maximum Gasteiger partial charge on any atom is 0.130 e. The monoisotopic (exact) mass is 248 g/mol. The molecule has 1 atom stereocenters. The van der Waals surface area contributed by atoms with Crippen molar-refractivity contribution in [3.8, 4) is 0 Å². The molecule has 15 heavy (non-hydrogen) atoms. The van der Waals surface area contributed by atoms with Gasteiger partial charge in [0.15, 0.2) is 0 Å². The van der Waals surface area contributed by atoms with Crippen molar-refractivity contribution in [1.29, 1.82) is 0 Å². The van der Waals surface area contributed by atoms with Crippen LogP contribution in [-0.2, 0) is 0 Å². The molecule has 0 aliphatic rings. The normalized spacial score (nSPS) is 12.8. The maximum absolute atomic E-state index is 13.4. The van der Waals surface area contributed by atoms with Crippen molar-refractivity contribution in [2.24, 2.45) is 0 Å². The van der Waals surface area contributed by atoms with Gasteiger partial charge in [-0.3, -0.25) is 0 Å². The van der Waals surface area contributed by atoms with E-state index in [1.807, 2.05) is 0 Å². The minimum Gasteiger partial charge on any atom is -0.387 e. The molecule has 0 aliphatic heterocycles. The summed E-state index contributed by atoms with van der Waals surface area (Å²) in [6.07, 6.45) is 0.305. The molecule has 0 saturated carbocycles. The van der Waals surface area contributed by atoms with Gasteiger partial charge < -0.3 is 5.11 Å². The molecule has 0 fully saturated rings. The van der Waals surface area contributed by atoms with E-state index in [1.54, 1.807) is 17.8 Å². The highest BCUT2D eigenvalue weighted by atomic mass is 35.5. The smallest absolute Gasteiger partial charge is 0.130 e. The van der Waals surface area contributed by atoms with Gasteiger partial charge in [0.05, 0.1) is 6.10 Å². The molecule has 0 saturated heterocycles. The van der Waals surface area contributed by atoms with Gasteiger partial charge in [-0.15, -0.1) is 0 Å². The van der Waals surface area contributed by atoms with Gasteiger partial charge in [0.25, 0.3) is 0 Å². The lowest BCUT2D eigenvalue weighted by atomic mass is 10.1. The summed E-state index contributed by atoms with van der Waals surface area (Å²) in [4.78, 5) is 0. The molecule has 0 aromatic heterocycles. The molecule has 1 aromatic carbocycles. The molecule has 84 valence electrons. The van der Waals surface area contributed by atoms with Crippen LogP contribution in [0.3, 0.4) is 0 Å².